The maximum absolute atomic E-state index is 13.8. The predicted molar refractivity (Wildman–Crippen MR) is 94.0 cm³/mol. The lowest BCUT2D eigenvalue weighted by Gasteiger charge is -2.52. The highest BCUT2D eigenvalue weighted by atomic mass is 32.1. The van der Waals surface area contributed by atoms with Gasteiger partial charge in [0.1, 0.15) is 17.4 Å². The maximum Gasteiger partial charge on any atom is 0.261 e. The van der Waals surface area contributed by atoms with Crippen molar-refractivity contribution in [2.45, 2.75) is 37.3 Å². The summed E-state index contributed by atoms with van der Waals surface area (Å²) in [6.45, 7) is 2.31. The van der Waals surface area contributed by atoms with Gasteiger partial charge in [-0.3, -0.25) is 9.69 Å². The van der Waals surface area contributed by atoms with E-state index in [0.717, 1.165) is 31.3 Å². The number of halogens is 1. The highest BCUT2D eigenvalue weighted by Crippen LogP contribution is 2.53. The lowest BCUT2D eigenvalue weighted by molar-refractivity contribution is -0.00138. The molecule has 1 N–H and O–H groups in total. The van der Waals surface area contributed by atoms with E-state index in [0.29, 0.717) is 15.5 Å². The second-order valence-corrected chi connectivity index (χ2v) is 8.49. The number of hydrogen-bond acceptors (Lipinski definition) is 4. The van der Waals surface area contributed by atoms with E-state index in [-0.39, 0.29) is 23.1 Å². The number of rotatable bonds is 2. The van der Waals surface area contributed by atoms with Crippen molar-refractivity contribution in [2.75, 3.05) is 13.1 Å². The summed E-state index contributed by atoms with van der Waals surface area (Å²) in [7, 11) is 0. The first-order chi connectivity index (χ1) is 12.1. The summed E-state index contributed by atoms with van der Waals surface area (Å²) in [4.78, 5) is 16.0. The molecular weight excluding hydrogens is 337 g/mol. The Hall–Kier alpha value is -1.97. The van der Waals surface area contributed by atoms with Crippen molar-refractivity contribution >= 4 is 27.3 Å². The molecule has 6 rings (SSSR count). The molecule has 2 bridgehead atoms. The molecule has 3 saturated heterocycles. The van der Waals surface area contributed by atoms with Crippen molar-refractivity contribution in [2.24, 2.45) is 5.92 Å². The summed E-state index contributed by atoms with van der Waals surface area (Å²) >= 11 is 1.21. The fraction of sp³-hybridized carbons (Fsp3) is 0.474. The van der Waals surface area contributed by atoms with E-state index < -0.39 is 5.82 Å². The Kier molecular flexibility index (Phi) is 3.22. The van der Waals surface area contributed by atoms with Crippen LogP contribution in [0, 0.1) is 23.1 Å². The number of carbonyl (C=O) groups is 1. The molecule has 128 valence electrons. The molecule has 1 aromatic carbocycles. The van der Waals surface area contributed by atoms with Gasteiger partial charge in [0.05, 0.1) is 15.6 Å². The molecule has 6 heteroatoms. The third kappa shape index (κ3) is 2.16. The molecule has 1 saturated carbocycles. The van der Waals surface area contributed by atoms with Crippen LogP contribution in [-0.4, -0.2) is 35.5 Å². The fourth-order valence-corrected chi connectivity index (χ4v) is 5.88. The van der Waals surface area contributed by atoms with Crippen LogP contribution in [0.4, 0.5) is 4.39 Å². The lowest BCUT2D eigenvalue weighted by atomic mass is 9.77. The van der Waals surface area contributed by atoms with Crippen LogP contribution in [0.25, 0.3) is 10.1 Å². The van der Waals surface area contributed by atoms with Gasteiger partial charge in [-0.15, -0.1) is 11.3 Å². The van der Waals surface area contributed by atoms with Gasteiger partial charge in [0.2, 0.25) is 0 Å². The molecule has 1 spiro atoms. The zero-order valence-corrected chi connectivity index (χ0v) is 14.5. The zero-order valence-electron chi connectivity index (χ0n) is 13.7. The number of thiophene rings is 1. The number of benzene rings is 1. The van der Waals surface area contributed by atoms with E-state index in [1.807, 2.05) is 6.07 Å². The summed E-state index contributed by atoms with van der Waals surface area (Å²) < 4.78 is 14.4. The van der Waals surface area contributed by atoms with Gasteiger partial charge in [-0.2, -0.15) is 5.26 Å². The minimum atomic E-state index is -0.530. The molecule has 0 radical (unpaired) electrons. The molecule has 1 aliphatic carbocycles. The van der Waals surface area contributed by atoms with Gasteiger partial charge in [-0.1, -0.05) is 6.07 Å². The molecule has 2 aromatic rings. The first-order valence-corrected chi connectivity index (χ1v) is 9.62. The van der Waals surface area contributed by atoms with Gasteiger partial charge in [-0.25, -0.2) is 4.39 Å². The first kappa shape index (κ1) is 15.3. The number of nitrogens with zero attached hydrogens (tertiary/aromatic N) is 2. The third-order valence-electron chi connectivity index (χ3n) is 6.24. The molecule has 4 aliphatic rings. The Morgan fingerprint density at radius 1 is 1.36 bits per heavy atom. The number of hydrogen-bond donors (Lipinski definition) is 1. The average Bonchev–Trinajstić information content (AvgIpc) is 3.28. The van der Waals surface area contributed by atoms with E-state index in [2.05, 4.69) is 10.2 Å². The van der Waals surface area contributed by atoms with E-state index in [1.54, 1.807) is 12.1 Å². The van der Waals surface area contributed by atoms with Crippen LogP contribution in [0.5, 0.6) is 0 Å². The van der Waals surface area contributed by atoms with Crippen molar-refractivity contribution in [3.8, 4) is 6.07 Å². The van der Waals surface area contributed by atoms with E-state index in [9.17, 15) is 14.4 Å². The number of carbonyl (C=O) groups excluding carboxylic acids is 1. The minimum Gasteiger partial charge on any atom is -0.346 e. The van der Waals surface area contributed by atoms with Crippen LogP contribution in [0.15, 0.2) is 18.2 Å². The standard InChI is InChI=1S/C19H18FN3OS/c20-14-2-1-12-9-15(25-16(12)13(14)10-21)18(24)22-17-11-3-7-23(8-4-11)19(17)5-6-19/h1-2,9,11,17H,3-8H2,(H,22,24). The molecule has 3 aliphatic heterocycles. The quantitative estimate of drug-likeness (QED) is 0.899. The van der Waals surface area contributed by atoms with Crippen LogP contribution < -0.4 is 5.32 Å². The fourth-order valence-electron chi connectivity index (χ4n) is 4.83. The summed E-state index contributed by atoms with van der Waals surface area (Å²) in [5, 5.41) is 13.2. The molecule has 1 unspecified atom stereocenters. The maximum atomic E-state index is 13.8. The van der Waals surface area contributed by atoms with Crippen LogP contribution in [0.2, 0.25) is 0 Å². The SMILES string of the molecule is N#Cc1c(F)ccc2cc(C(=O)NC3C4CCN(CC4)C34CC4)sc12. The van der Waals surface area contributed by atoms with Crippen LogP contribution in [-0.2, 0) is 0 Å². The lowest BCUT2D eigenvalue weighted by Crippen LogP contribution is -2.65. The van der Waals surface area contributed by atoms with Gasteiger partial charge < -0.3 is 5.32 Å². The molecule has 1 amide bonds. The van der Waals surface area contributed by atoms with Gasteiger partial charge in [0.25, 0.3) is 5.91 Å². The van der Waals surface area contributed by atoms with E-state index in [1.165, 1.54) is 30.2 Å². The summed E-state index contributed by atoms with van der Waals surface area (Å²) in [5.41, 5.74) is 0.222. The molecule has 25 heavy (non-hydrogen) atoms. The third-order valence-corrected chi connectivity index (χ3v) is 7.41. The number of nitrogens with one attached hydrogen (secondary N) is 1. The highest BCUT2D eigenvalue weighted by Gasteiger charge is 2.60. The minimum absolute atomic E-state index is 0.0306. The topological polar surface area (TPSA) is 56.1 Å². The number of nitriles is 1. The average molecular weight is 355 g/mol. The second-order valence-electron chi connectivity index (χ2n) is 7.44. The first-order valence-electron chi connectivity index (χ1n) is 8.80. The van der Waals surface area contributed by atoms with Crippen molar-refractivity contribution in [1.82, 2.24) is 10.2 Å². The number of amides is 1. The molecular formula is C19H18FN3OS. The van der Waals surface area contributed by atoms with Gasteiger partial charge in [-0.05, 0) is 62.2 Å². The largest absolute Gasteiger partial charge is 0.346 e. The van der Waals surface area contributed by atoms with Crippen LogP contribution in [0.3, 0.4) is 0 Å². The van der Waals surface area contributed by atoms with Crippen molar-refractivity contribution in [1.29, 1.82) is 5.26 Å². The van der Waals surface area contributed by atoms with Crippen molar-refractivity contribution < 1.29 is 9.18 Å². The van der Waals surface area contributed by atoms with Crippen LogP contribution in [0.1, 0.15) is 40.9 Å². The summed E-state index contributed by atoms with van der Waals surface area (Å²) in [6.07, 6.45) is 4.65. The monoisotopic (exact) mass is 355 g/mol. The second kappa shape index (κ2) is 5.26. The predicted octanol–water partition coefficient (Wildman–Crippen LogP) is 3.27. The van der Waals surface area contributed by atoms with E-state index >= 15 is 0 Å². The van der Waals surface area contributed by atoms with Gasteiger partial charge >= 0.3 is 0 Å². The molecule has 4 fully saturated rings. The molecule has 1 aromatic heterocycles. The van der Waals surface area contributed by atoms with Gasteiger partial charge in [0.15, 0.2) is 0 Å². The van der Waals surface area contributed by atoms with Crippen LogP contribution >= 0.6 is 11.3 Å². The van der Waals surface area contributed by atoms with Gasteiger partial charge in [0, 0.05) is 5.54 Å². The molecule has 4 nitrogen and oxygen atoms in total. The van der Waals surface area contributed by atoms with E-state index in [4.69, 9.17) is 0 Å². The van der Waals surface area contributed by atoms with Crippen molar-refractivity contribution in [3.63, 3.8) is 0 Å². The highest BCUT2D eigenvalue weighted by molar-refractivity contribution is 7.21. The zero-order chi connectivity index (χ0) is 17.2. The Balaban J connectivity index is 1.45. The smallest absolute Gasteiger partial charge is 0.261 e. The normalized spacial score (nSPS) is 28.9. The number of piperidine rings is 3. The summed E-state index contributed by atoms with van der Waals surface area (Å²) in [6, 6.07) is 6.84. The Labute approximate surface area is 149 Å². The Morgan fingerprint density at radius 2 is 2.12 bits per heavy atom. The molecule has 1 atom stereocenters. The van der Waals surface area contributed by atoms with Crippen molar-refractivity contribution in [3.05, 3.63) is 34.5 Å². The Morgan fingerprint density at radius 3 is 2.80 bits per heavy atom. The number of fused-ring (bicyclic) bond motifs is 3. The Bertz CT molecular complexity index is 919. The molecule has 4 heterocycles. The summed E-state index contributed by atoms with van der Waals surface area (Å²) in [5.74, 6) is -0.0494.